The van der Waals surface area contributed by atoms with Crippen LogP contribution < -0.4 is 4.90 Å². The Morgan fingerprint density at radius 1 is 0.596 bits per heavy atom. The SMILES string of the molecule is CC12CCCCC1(C)N(c1cccc(F)c1Cl)c1ccccc12.CC12CCCCC1(C)c1ccccc1C2.Fc1cccc(Br)c1Cl. The Morgan fingerprint density at radius 3 is 1.85 bits per heavy atom. The van der Waals surface area contributed by atoms with Crippen molar-refractivity contribution in [3.05, 3.63) is 128 Å². The van der Waals surface area contributed by atoms with Gasteiger partial charge in [-0.3, -0.25) is 0 Å². The highest BCUT2D eigenvalue weighted by Gasteiger charge is 2.58. The molecule has 4 aliphatic rings. The molecule has 0 bridgehead atoms. The third-order valence-electron chi connectivity index (χ3n) is 12.3. The van der Waals surface area contributed by atoms with Crippen molar-refractivity contribution in [2.75, 3.05) is 4.90 Å². The molecule has 6 heteroatoms. The van der Waals surface area contributed by atoms with Gasteiger partial charge in [0, 0.05) is 15.6 Å². The van der Waals surface area contributed by atoms with E-state index in [-0.39, 0.29) is 26.8 Å². The molecule has 2 fully saturated rings. The molecule has 2 saturated carbocycles. The number of nitrogens with zero attached hydrogens (tertiary/aromatic N) is 1. The van der Waals surface area contributed by atoms with Gasteiger partial charge in [0.25, 0.3) is 0 Å². The molecule has 4 atom stereocenters. The Kier molecular flexibility index (Phi) is 9.63. The summed E-state index contributed by atoms with van der Waals surface area (Å²) in [6.45, 7) is 9.68. The van der Waals surface area contributed by atoms with Crippen LogP contribution >= 0.6 is 39.1 Å². The zero-order valence-corrected chi connectivity index (χ0v) is 30.9. The highest BCUT2D eigenvalue weighted by molar-refractivity contribution is 9.10. The predicted octanol–water partition coefficient (Wildman–Crippen LogP) is 13.5. The largest absolute Gasteiger partial charge is 0.333 e. The number of benzene rings is 4. The van der Waals surface area contributed by atoms with Gasteiger partial charge in [-0.05, 0) is 113 Å². The van der Waals surface area contributed by atoms with Gasteiger partial charge in [0.05, 0.1) is 21.3 Å². The molecular weight excluding hydrogens is 695 g/mol. The molecule has 0 saturated heterocycles. The van der Waals surface area contributed by atoms with E-state index in [1.807, 2.05) is 6.07 Å². The molecule has 248 valence electrons. The van der Waals surface area contributed by atoms with Crippen LogP contribution in [0.5, 0.6) is 0 Å². The summed E-state index contributed by atoms with van der Waals surface area (Å²) in [6.07, 6.45) is 11.6. The van der Waals surface area contributed by atoms with Crippen molar-refractivity contribution in [3.63, 3.8) is 0 Å². The van der Waals surface area contributed by atoms with Crippen LogP contribution in [0.25, 0.3) is 0 Å². The van der Waals surface area contributed by atoms with E-state index in [4.69, 9.17) is 23.2 Å². The fraction of sp³-hybridized carbons (Fsp3) is 0.415. The van der Waals surface area contributed by atoms with Crippen LogP contribution in [0.3, 0.4) is 0 Å². The number of anilines is 2. The first-order valence-corrected chi connectivity index (χ1v) is 18.4. The molecular formula is C41H44BrCl2F2N. The number of halogens is 5. The smallest absolute Gasteiger partial charge is 0.143 e. The maximum Gasteiger partial charge on any atom is 0.143 e. The van der Waals surface area contributed by atoms with Gasteiger partial charge in [0.15, 0.2) is 0 Å². The van der Waals surface area contributed by atoms with Crippen LogP contribution in [0, 0.1) is 17.0 Å². The predicted molar refractivity (Wildman–Crippen MR) is 197 cm³/mol. The average Bonchev–Trinajstić information content (AvgIpc) is 3.43. The van der Waals surface area contributed by atoms with Gasteiger partial charge in [-0.15, -0.1) is 0 Å². The third kappa shape index (κ3) is 5.75. The molecule has 1 nitrogen and oxygen atoms in total. The molecule has 1 aliphatic heterocycles. The molecule has 4 aromatic rings. The van der Waals surface area contributed by atoms with Crippen molar-refractivity contribution in [1.29, 1.82) is 0 Å². The molecule has 0 N–H and O–H groups in total. The van der Waals surface area contributed by atoms with Crippen LogP contribution in [0.15, 0.2) is 89.4 Å². The third-order valence-corrected chi connectivity index (χ3v) is 13.9. The van der Waals surface area contributed by atoms with Gasteiger partial charge < -0.3 is 4.90 Å². The normalized spacial score (nSPS) is 28.5. The van der Waals surface area contributed by atoms with Gasteiger partial charge in [0.2, 0.25) is 0 Å². The van der Waals surface area contributed by atoms with Gasteiger partial charge in [0.1, 0.15) is 11.6 Å². The van der Waals surface area contributed by atoms with E-state index >= 15 is 0 Å². The lowest BCUT2D eigenvalue weighted by molar-refractivity contribution is 0.110. The van der Waals surface area contributed by atoms with Crippen molar-refractivity contribution in [1.82, 2.24) is 0 Å². The van der Waals surface area contributed by atoms with Crippen molar-refractivity contribution in [3.8, 4) is 0 Å². The second-order valence-corrected chi connectivity index (χ2v) is 16.3. The van der Waals surface area contributed by atoms with E-state index < -0.39 is 5.82 Å². The number of para-hydroxylation sites is 1. The van der Waals surface area contributed by atoms with E-state index in [2.05, 4.69) is 97.1 Å². The van der Waals surface area contributed by atoms with Crippen LogP contribution in [0.1, 0.15) is 95.8 Å². The van der Waals surface area contributed by atoms with Crippen molar-refractivity contribution in [2.45, 2.75) is 102 Å². The first-order chi connectivity index (χ1) is 22.4. The molecule has 47 heavy (non-hydrogen) atoms. The van der Waals surface area contributed by atoms with Crippen LogP contribution in [-0.4, -0.2) is 5.54 Å². The van der Waals surface area contributed by atoms with Crippen molar-refractivity contribution in [2.24, 2.45) is 5.41 Å². The standard InChI is InChI=1S/C20H21ClFN.C15H20.C6H3BrClF/c1-19-12-5-6-13-20(19,2)23(16-10-4-3-8-14(16)19)17-11-7-9-15(22)18(17)21;1-14-9-5-6-10-15(14,2)13-8-4-3-7-12(13)11-14;7-4-2-1-3-5(9)6(4)8/h3-4,7-11H,5-6,12-13H2,1-2H3;3-4,7-8H,5-6,9-11H2,1-2H3;1-3H. The molecule has 4 unspecified atom stereocenters. The van der Waals surface area contributed by atoms with Crippen molar-refractivity contribution < 1.29 is 8.78 Å². The summed E-state index contributed by atoms with van der Waals surface area (Å²) in [5, 5.41) is 0.357. The minimum Gasteiger partial charge on any atom is -0.333 e. The van der Waals surface area contributed by atoms with Gasteiger partial charge in [-0.1, -0.05) is 124 Å². The zero-order valence-electron chi connectivity index (χ0n) is 27.8. The number of hydrogen-bond acceptors (Lipinski definition) is 1. The highest BCUT2D eigenvalue weighted by Crippen LogP contribution is 2.61. The molecule has 4 aromatic carbocycles. The molecule has 0 radical (unpaired) electrons. The summed E-state index contributed by atoms with van der Waals surface area (Å²) in [4.78, 5) is 2.30. The fourth-order valence-corrected chi connectivity index (χ4v) is 9.84. The van der Waals surface area contributed by atoms with Gasteiger partial charge in [-0.2, -0.15) is 0 Å². The lowest BCUT2D eigenvalue weighted by atomic mass is 9.58. The summed E-state index contributed by atoms with van der Waals surface area (Å²) >= 11 is 14.9. The average molecular weight is 740 g/mol. The zero-order chi connectivity index (χ0) is 33.6. The molecule has 3 aliphatic carbocycles. The number of hydrogen-bond donors (Lipinski definition) is 0. The Balaban J connectivity index is 0.000000138. The van der Waals surface area contributed by atoms with Gasteiger partial charge >= 0.3 is 0 Å². The van der Waals surface area contributed by atoms with E-state index in [9.17, 15) is 8.78 Å². The molecule has 0 spiro atoms. The lowest BCUT2D eigenvalue weighted by Gasteiger charge is -2.50. The number of fused-ring (bicyclic) bond motifs is 6. The Hall–Kier alpha value is -2.40. The summed E-state index contributed by atoms with van der Waals surface area (Å²) in [7, 11) is 0. The maximum absolute atomic E-state index is 14.1. The van der Waals surface area contributed by atoms with Crippen molar-refractivity contribution >= 4 is 50.5 Å². The topological polar surface area (TPSA) is 3.24 Å². The molecule has 0 aromatic heterocycles. The Morgan fingerprint density at radius 2 is 1.15 bits per heavy atom. The first kappa shape index (κ1) is 34.5. The second kappa shape index (κ2) is 13.1. The van der Waals surface area contributed by atoms with Crippen LogP contribution in [0.2, 0.25) is 10.0 Å². The first-order valence-electron chi connectivity index (χ1n) is 16.9. The van der Waals surface area contributed by atoms with E-state index in [0.29, 0.717) is 15.3 Å². The Bertz CT molecular complexity index is 1760. The maximum atomic E-state index is 14.1. The Labute approximate surface area is 297 Å². The highest BCUT2D eigenvalue weighted by atomic mass is 79.9. The molecule has 0 amide bonds. The fourth-order valence-electron chi connectivity index (χ4n) is 9.16. The summed E-state index contributed by atoms with van der Waals surface area (Å²) < 4.78 is 27.1. The minimum atomic E-state index is -0.397. The van der Waals surface area contributed by atoms with E-state index in [1.54, 1.807) is 29.3 Å². The molecule has 8 rings (SSSR count). The van der Waals surface area contributed by atoms with Crippen LogP contribution in [-0.2, 0) is 17.3 Å². The van der Waals surface area contributed by atoms with Gasteiger partial charge in [-0.25, -0.2) is 8.78 Å². The molecule has 1 heterocycles. The minimum absolute atomic E-state index is 0.0670. The quantitative estimate of drug-likeness (QED) is 0.176. The summed E-state index contributed by atoms with van der Waals surface area (Å²) in [6, 6.07) is 27.4. The summed E-state index contributed by atoms with van der Waals surface area (Å²) in [5.74, 6) is -0.749. The van der Waals surface area contributed by atoms with E-state index in [0.717, 1.165) is 18.5 Å². The second-order valence-electron chi connectivity index (χ2n) is 14.7. The number of rotatable bonds is 1. The summed E-state index contributed by atoms with van der Waals surface area (Å²) in [5.41, 5.74) is 7.57. The van der Waals surface area contributed by atoms with Crippen LogP contribution in [0.4, 0.5) is 20.2 Å². The lowest BCUT2D eigenvalue weighted by Crippen LogP contribution is -2.54. The van der Waals surface area contributed by atoms with E-state index in [1.165, 1.54) is 68.3 Å². The monoisotopic (exact) mass is 737 g/mol.